The summed E-state index contributed by atoms with van der Waals surface area (Å²) in [4.78, 5) is 11.0. The molecule has 2 aromatic rings. The van der Waals surface area contributed by atoms with E-state index in [2.05, 4.69) is 10.3 Å². The fraction of sp³-hybridized carbons (Fsp3) is 0.235. The van der Waals surface area contributed by atoms with E-state index in [1.807, 2.05) is 0 Å². The summed E-state index contributed by atoms with van der Waals surface area (Å²) in [6, 6.07) is 6.58. The van der Waals surface area contributed by atoms with Gasteiger partial charge in [-0.15, -0.1) is 0 Å². The van der Waals surface area contributed by atoms with Crippen LogP contribution in [0.5, 0.6) is 0 Å². The van der Waals surface area contributed by atoms with E-state index in [0.29, 0.717) is 29.3 Å². The molecule has 2 heterocycles. The Bertz CT molecular complexity index is 1150. The van der Waals surface area contributed by atoms with Gasteiger partial charge in [-0.3, -0.25) is 9.53 Å². The number of aromatic nitrogens is 2. The lowest BCUT2D eigenvalue weighted by Gasteiger charge is -2.02. The van der Waals surface area contributed by atoms with Crippen molar-refractivity contribution < 1.29 is 55.0 Å². The molecular weight excluding hydrogens is 498 g/mol. The molecule has 2 aromatic heterocycles. The largest absolute Gasteiger partial charge is 0.748 e. The Hall–Kier alpha value is -3.51. The Balaban J connectivity index is 0.000000916. The van der Waals surface area contributed by atoms with E-state index in [4.69, 9.17) is 46.8 Å². The second-order valence-corrected chi connectivity index (χ2v) is 9.00. The molecule has 0 radical (unpaired) electrons. The number of oxime groups is 2. The number of hydrogen-bond acceptors (Lipinski definition) is 12. The van der Waals surface area contributed by atoms with Crippen LogP contribution in [0.3, 0.4) is 0 Å². The first kappa shape index (κ1) is 30.5. The zero-order valence-corrected chi connectivity index (χ0v) is 19.6. The molecule has 2 rings (SSSR count). The molecule has 17 heteroatoms. The summed E-state index contributed by atoms with van der Waals surface area (Å²) in [5, 5.41) is 23.2. The average Bonchev–Trinajstić information content (AvgIpc) is 2.68. The maximum absolute atomic E-state index is 11.0. The van der Waals surface area contributed by atoms with Crippen molar-refractivity contribution in [1.82, 2.24) is 0 Å². The predicted octanol–water partition coefficient (Wildman–Crippen LogP) is -2.07. The number of primary amides is 1. The quantitative estimate of drug-likeness (QED) is 0.118. The first-order valence-corrected chi connectivity index (χ1v) is 12.3. The summed E-state index contributed by atoms with van der Waals surface area (Å²) in [7, 11) is -7.83. The van der Waals surface area contributed by atoms with Crippen LogP contribution < -0.4 is 14.9 Å². The van der Waals surface area contributed by atoms with Gasteiger partial charge in [0.2, 0.25) is 11.6 Å². The SMILES string of the molecule is CS(=O)(=O)[O-].CS(=O)(=O)[O-].NC(=O)c1cc[n+](COC[n+]2ccc(C=NO)cc2C=NO)cc1. The van der Waals surface area contributed by atoms with Gasteiger partial charge in [0.25, 0.3) is 13.5 Å². The minimum atomic E-state index is -3.92. The van der Waals surface area contributed by atoms with Crippen LogP contribution in [0, 0.1) is 0 Å². The van der Waals surface area contributed by atoms with Crippen LogP contribution in [-0.2, 0) is 38.4 Å². The summed E-state index contributed by atoms with van der Waals surface area (Å²) in [5.41, 5.74) is 6.80. The minimum Gasteiger partial charge on any atom is -0.748 e. The van der Waals surface area contributed by atoms with E-state index in [1.165, 1.54) is 12.4 Å². The van der Waals surface area contributed by atoms with Crippen molar-refractivity contribution in [3.05, 3.63) is 59.7 Å². The second-order valence-electron chi connectivity index (χ2n) is 6.18. The van der Waals surface area contributed by atoms with Gasteiger partial charge >= 0.3 is 0 Å². The number of ether oxygens (including phenoxy) is 1. The number of nitrogens with zero attached hydrogens (tertiary/aromatic N) is 4. The molecule has 0 atom stereocenters. The molecule has 0 fully saturated rings. The van der Waals surface area contributed by atoms with Crippen LogP contribution in [0.25, 0.3) is 0 Å². The molecule has 0 aliphatic carbocycles. The van der Waals surface area contributed by atoms with E-state index in [1.54, 1.807) is 52.0 Å². The summed E-state index contributed by atoms with van der Waals surface area (Å²) < 4.78 is 63.5. The third-order valence-electron chi connectivity index (χ3n) is 3.14. The number of rotatable bonds is 7. The van der Waals surface area contributed by atoms with Crippen molar-refractivity contribution in [2.75, 3.05) is 12.5 Å². The van der Waals surface area contributed by atoms with E-state index in [0.717, 1.165) is 0 Å². The highest BCUT2D eigenvalue weighted by atomic mass is 32.2. The monoisotopic (exact) mass is 521 g/mol. The van der Waals surface area contributed by atoms with Crippen molar-refractivity contribution in [1.29, 1.82) is 0 Å². The molecule has 0 unspecified atom stereocenters. The number of amides is 1. The van der Waals surface area contributed by atoms with Gasteiger partial charge in [0.15, 0.2) is 18.6 Å². The number of carbonyl (C=O) groups excluding carboxylic acids is 1. The molecule has 4 N–H and O–H groups in total. The van der Waals surface area contributed by atoms with Crippen molar-refractivity contribution in [3.8, 4) is 0 Å². The minimum absolute atomic E-state index is 0.197. The molecule has 0 aromatic carbocycles. The molecule has 188 valence electrons. The van der Waals surface area contributed by atoms with E-state index >= 15 is 0 Å². The van der Waals surface area contributed by atoms with Crippen LogP contribution in [0.15, 0.2) is 53.2 Å². The molecule has 0 saturated carbocycles. The summed E-state index contributed by atoms with van der Waals surface area (Å²) in [6.45, 7) is 0.448. The van der Waals surface area contributed by atoms with Gasteiger partial charge in [0.05, 0.1) is 32.0 Å². The van der Waals surface area contributed by atoms with Crippen molar-refractivity contribution >= 4 is 38.6 Å². The first-order chi connectivity index (χ1) is 15.6. The van der Waals surface area contributed by atoms with Crippen LogP contribution in [-0.4, -0.2) is 67.2 Å². The smallest absolute Gasteiger partial charge is 0.258 e. The molecule has 1 amide bonds. The highest BCUT2D eigenvalue weighted by Gasteiger charge is 2.11. The van der Waals surface area contributed by atoms with E-state index in [9.17, 15) is 4.79 Å². The number of hydrogen-bond donors (Lipinski definition) is 3. The third kappa shape index (κ3) is 17.1. The van der Waals surface area contributed by atoms with Gasteiger partial charge in [0, 0.05) is 42.3 Å². The number of pyridine rings is 2. The Morgan fingerprint density at radius 1 is 1.00 bits per heavy atom. The fourth-order valence-electron chi connectivity index (χ4n) is 1.95. The lowest BCUT2D eigenvalue weighted by molar-refractivity contribution is -0.788. The lowest BCUT2D eigenvalue weighted by atomic mass is 10.2. The first-order valence-electron chi connectivity index (χ1n) is 8.70. The molecule has 0 saturated heterocycles. The predicted molar refractivity (Wildman–Crippen MR) is 113 cm³/mol. The van der Waals surface area contributed by atoms with Crippen molar-refractivity contribution in [2.45, 2.75) is 13.5 Å². The van der Waals surface area contributed by atoms with Gasteiger partial charge < -0.3 is 25.3 Å². The van der Waals surface area contributed by atoms with Gasteiger partial charge in [-0.1, -0.05) is 10.3 Å². The van der Waals surface area contributed by atoms with Crippen LogP contribution in [0.1, 0.15) is 21.6 Å². The van der Waals surface area contributed by atoms with Crippen LogP contribution in [0.4, 0.5) is 0 Å². The maximum Gasteiger partial charge on any atom is 0.258 e. The number of carbonyl (C=O) groups is 1. The molecule has 0 spiro atoms. The molecule has 0 aliphatic rings. The van der Waals surface area contributed by atoms with Crippen molar-refractivity contribution in [2.24, 2.45) is 16.0 Å². The zero-order valence-electron chi connectivity index (χ0n) is 18.0. The van der Waals surface area contributed by atoms with E-state index < -0.39 is 26.1 Å². The topological polar surface area (TPSA) is 240 Å². The Morgan fingerprint density at radius 3 is 1.94 bits per heavy atom. The Morgan fingerprint density at radius 2 is 1.50 bits per heavy atom. The highest BCUT2D eigenvalue weighted by Crippen LogP contribution is 1.97. The third-order valence-corrected chi connectivity index (χ3v) is 3.14. The van der Waals surface area contributed by atoms with E-state index in [-0.39, 0.29) is 13.5 Å². The Labute approximate surface area is 195 Å². The van der Waals surface area contributed by atoms with Gasteiger partial charge in [-0.05, 0) is 0 Å². The second kappa shape index (κ2) is 14.6. The Kier molecular flexibility index (Phi) is 13.1. The summed E-state index contributed by atoms with van der Waals surface area (Å²) in [6.07, 6.45) is 8.78. The number of nitrogens with two attached hydrogens (primary N) is 1. The van der Waals surface area contributed by atoms with Gasteiger partial charge in [0.1, 0.15) is 6.21 Å². The van der Waals surface area contributed by atoms with Gasteiger partial charge in [-0.25, -0.2) is 16.8 Å². The summed E-state index contributed by atoms with van der Waals surface area (Å²) in [5.74, 6) is -0.488. The molecule has 15 nitrogen and oxygen atoms in total. The highest BCUT2D eigenvalue weighted by molar-refractivity contribution is 7.85. The van der Waals surface area contributed by atoms with Crippen molar-refractivity contribution in [3.63, 3.8) is 0 Å². The standard InChI is InChI=1S/C15H15N5O4.2CH4O3S/c16-15(21)13-2-4-19(5-3-13)10-24-11-20-6-1-12(8-17-22)7-14(20)9-18-23;2*1-5(2,3)4/h1-9H,10-11H2,(H2-,16,21,22,23);2*1H3,(H,2,3,4). The maximum atomic E-state index is 11.0. The normalized spacial score (nSPS) is 11.4. The molecule has 0 bridgehead atoms. The molecule has 0 aliphatic heterocycles. The van der Waals surface area contributed by atoms with Crippen LogP contribution in [0.2, 0.25) is 0 Å². The average molecular weight is 522 g/mol. The molecular formula is C17H23N5O10S2. The van der Waals surface area contributed by atoms with Crippen LogP contribution >= 0.6 is 0 Å². The lowest BCUT2D eigenvalue weighted by Crippen LogP contribution is -2.43. The summed E-state index contributed by atoms with van der Waals surface area (Å²) >= 11 is 0. The zero-order chi connectivity index (χ0) is 26.4. The fourth-order valence-corrected chi connectivity index (χ4v) is 1.95. The molecule has 34 heavy (non-hydrogen) atoms. The van der Waals surface area contributed by atoms with Gasteiger partial charge in [-0.2, -0.15) is 9.13 Å².